The van der Waals surface area contributed by atoms with E-state index in [1.165, 1.54) is 24.3 Å². The van der Waals surface area contributed by atoms with Crippen LogP contribution in [-0.2, 0) is 19.9 Å². The van der Waals surface area contributed by atoms with Crippen LogP contribution in [0.15, 0.2) is 58.3 Å². The maximum atomic E-state index is 12.5. The highest BCUT2D eigenvalue weighted by atomic mass is 32.2. The van der Waals surface area contributed by atoms with Gasteiger partial charge in [0.05, 0.1) is 21.6 Å². The second kappa shape index (κ2) is 5.65. The van der Waals surface area contributed by atoms with Gasteiger partial charge in [-0.1, -0.05) is 30.3 Å². The zero-order valence-corrected chi connectivity index (χ0v) is 13.7. The fraction of sp³-hybridized carbons (Fsp3) is 0.143. The van der Waals surface area contributed by atoms with Crippen LogP contribution in [0.5, 0.6) is 0 Å². The normalized spacial score (nSPS) is 18.9. The number of sulfonamides is 1. The average molecular weight is 368 g/mol. The first kappa shape index (κ1) is 16.6. The molecule has 2 aromatic carbocycles. The van der Waals surface area contributed by atoms with Crippen LogP contribution in [0.4, 0.5) is 5.69 Å². The molecule has 1 aliphatic rings. The summed E-state index contributed by atoms with van der Waals surface area (Å²) in [7, 11) is -7.86. The van der Waals surface area contributed by atoms with Crippen LogP contribution < -0.4 is 4.72 Å². The van der Waals surface area contributed by atoms with Crippen molar-refractivity contribution in [3.63, 3.8) is 0 Å². The first-order valence-corrected chi connectivity index (χ1v) is 9.93. The monoisotopic (exact) mass is 368 g/mol. The van der Waals surface area contributed by atoms with E-state index in [0.29, 0.717) is 5.56 Å². The number of fused-ring (bicyclic) bond motifs is 1. The fourth-order valence-corrected chi connectivity index (χ4v) is 5.86. The molecule has 0 amide bonds. The van der Waals surface area contributed by atoms with Crippen molar-refractivity contribution in [2.75, 3.05) is 5.75 Å². The molecule has 24 heavy (non-hydrogen) atoms. The van der Waals surface area contributed by atoms with Crippen molar-refractivity contribution in [3.8, 4) is 0 Å². The van der Waals surface area contributed by atoms with E-state index in [2.05, 4.69) is 4.72 Å². The third-order valence-electron chi connectivity index (χ3n) is 3.66. The van der Waals surface area contributed by atoms with Crippen LogP contribution in [0.3, 0.4) is 0 Å². The van der Waals surface area contributed by atoms with E-state index in [1.807, 2.05) is 0 Å². The summed E-state index contributed by atoms with van der Waals surface area (Å²) < 4.78 is 51.6. The highest BCUT2D eigenvalue weighted by Crippen LogP contribution is 2.34. The van der Waals surface area contributed by atoms with E-state index >= 15 is 0 Å². The van der Waals surface area contributed by atoms with E-state index in [9.17, 15) is 26.9 Å². The number of hydrogen-bond acceptors (Lipinski definition) is 6. The molecule has 2 aromatic rings. The number of nitro benzene ring substituents is 1. The maximum Gasteiger partial charge on any atom is 0.289 e. The second-order valence-electron chi connectivity index (χ2n) is 5.22. The summed E-state index contributed by atoms with van der Waals surface area (Å²) in [5.74, 6) is -0.424. The Hall–Kier alpha value is -2.30. The smallest absolute Gasteiger partial charge is 0.258 e. The topological polar surface area (TPSA) is 123 Å². The lowest BCUT2D eigenvalue weighted by molar-refractivity contribution is -0.387. The Morgan fingerprint density at radius 1 is 1.08 bits per heavy atom. The van der Waals surface area contributed by atoms with Gasteiger partial charge < -0.3 is 0 Å². The SMILES string of the molecule is O=[N+]([O-])c1ccccc1S(=O)(=O)NC1CS(=O)(=O)c2ccccc21. The molecule has 126 valence electrons. The van der Waals surface area contributed by atoms with Crippen LogP contribution in [-0.4, -0.2) is 27.5 Å². The van der Waals surface area contributed by atoms with Crippen LogP contribution in [0.1, 0.15) is 11.6 Å². The summed E-state index contributed by atoms with van der Waals surface area (Å²) in [6.45, 7) is 0. The minimum atomic E-state index is -4.27. The Labute approximate surface area is 138 Å². The Morgan fingerprint density at radius 3 is 2.42 bits per heavy atom. The van der Waals surface area contributed by atoms with Gasteiger partial charge in [0.2, 0.25) is 10.0 Å². The summed E-state index contributed by atoms with van der Waals surface area (Å²) in [5.41, 5.74) is -0.237. The quantitative estimate of drug-likeness (QED) is 0.643. The average Bonchev–Trinajstić information content (AvgIpc) is 2.78. The zero-order chi connectivity index (χ0) is 17.5. The lowest BCUT2D eigenvalue weighted by atomic mass is 10.1. The highest BCUT2D eigenvalue weighted by molar-refractivity contribution is 7.92. The van der Waals surface area contributed by atoms with Crippen molar-refractivity contribution in [2.45, 2.75) is 15.8 Å². The van der Waals surface area contributed by atoms with Crippen molar-refractivity contribution < 1.29 is 21.8 Å². The molecule has 1 atom stereocenters. The summed E-state index contributed by atoms with van der Waals surface area (Å²) in [6, 6.07) is 9.99. The maximum absolute atomic E-state index is 12.5. The standard InChI is InChI=1S/C14H12N2O6S2/c17-16(18)12-6-2-4-8-14(12)24(21,22)15-11-9-23(19,20)13-7-3-1-5-10(11)13/h1-8,11,15H,9H2. The molecular weight excluding hydrogens is 356 g/mol. The van der Waals surface area contributed by atoms with Crippen LogP contribution in [0.25, 0.3) is 0 Å². The Bertz CT molecular complexity index is 1030. The molecule has 1 unspecified atom stereocenters. The number of nitrogens with one attached hydrogen (secondary N) is 1. The van der Waals surface area contributed by atoms with Gasteiger partial charge in [-0.3, -0.25) is 10.1 Å². The lowest BCUT2D eigenvalue weighted by Crippen LogP contribution is -2.30. The molecular formula is C14H12N2O6S2. The fourth-order valence-electron chi connectivity index (χ4n) is 2.63. The van der Waals surface area contributed by atoms with Crippen LogP contribution in [0, 0.1) is 10.1 Å². The number of rotatable bonds is 4. The zero-order valence-electron chi connectivity index (χ0n) is 12.1. The summed E-state index contributed by atoms with van der Waals surface area (Å²) in [6.07, 6.45) is 0. The van der Waals surface area contributed by atoms with Gasteiger partial charge in [0.1, 0.15) is 0 Å². The molecule has 1 aliphatic heterocycles. The van der Waals surface area contributed by atoms with E-state index in [-0.39, 0.29) is 4.90 Å². The van der Waals surface area contributed by atoms with E-state index in [4.69, 9.17) is 0 Å². The predicted molar refractivity (Wildman–Crippen MR) is 84.7 cm³/mol. The first-order valence-electron chi connectivity index (χ1n) is 6.80. The number of hydrogen-bond donors (Lipinski definition) is 1. The summed E-state index contributed by atoms with van der Waals surface area (Å²) in [5, 5.41) is 11.0. The van der Waals surface area contributed by atoms with Gasteiger partial charge in [0, 0.05) is 6.07 Å². The molecule has 0 saturated heterocycles. The van der Waals surface area contributed by atoms with Crippen LogP contribution >= 0.6 is 0 Å². The molecule has 3 rings (SSSR count). The van der Waals surface area contributed by atoms with Crippen molar-refractivity contribution >= 4 is 25.5 Å². The minimum absolute atomic E-state index is 0.0697. The molecule has 1 heterocycles. The van der Waals surface area contributed by atoms with Crippen molar-refractivity contribution in [1.29, 1.82) is 0 Å². The van der Waals surface area contributed by atoms with Gasteiger partial charge in [-0.2, -0.15) is 0 Å². The van der Waals surface area contributed by atoms with E-state index in [1.54, 1.807) is 12.1 Å². The predicted octanol–water partition coefficient (Wildman–Crippen LogP) is 1.40. The third-order valence-corrected chi connectivity index (χ3v) is 7.00. The van der Waals surface area contributed by atoms with Gasteiger partial charge >= 0.3 is 0 Å². The molecule has 0 aromatic heterocycles. The van der Waals surface area contributed by atoms with Crippen molar-refractivity contribution in [1.82, 2.24) is 4.72 Å². The Kier molecular flexibility index (Phi) is 3.90. The van der Waals surface area contributed by atoms with Crippen LogP contribution in [0.2, 0.25) is 0 Å². The number of nitro groups is 1. The highest BCUT2D eigenvalue weighted by Gasteiger charge is 2.38. The molecule has 0 saturated carbocycles. The number of para-hydroxylation sites is 1. The molecule has 1 N–H and O–H groups in total. The van der Waals surface area contributed by atoms with Gasteiger partial charge in [-0.05, 0) is 17.7 Å². The van der Waals surface area contributed by atoms with Gasteiger partial charge in [0.25, 0.3) is 5.69 Å². The van der Waals surface area contributed by atoms with Crippen molar-refractivity contribution in [3.05, 3.63) is 64.2 Å². The minimum Gasteiger partial charge on any atom is -0.258 e. The van der Waals surface area contributed by atoms with Gasteiger partial charge in [0.15, 0.2) is 14.7 Å². The first-order chi connectivity index (χ1) is 11.2. The lowest BCUT2D eigenvalue weighted by Gasteiger charge is -2.13. The molecule has 0 fully saturated rings. The number of sulfone groups is 1. The Morgan fingerprint density at radius 2 is 1.71 bits per heavy atom. The molecule has 0 aliphatic carbocycles. The molecule has 0 radical (unpaired) electrons. The van der Waals surface area contributed by atoms with Gasteiger partial charge in [-0.25, -0.2) is 21.6 Å². The largest absolute Gasteiger partial charge is 0.289 e. The second-order valence-corrected chi connectivity index (χ2v) is 8.90. The molecule has 0 spiro atoms. The number of benzene rings is 2. The number of nitrogens with zero attached hydrogens (tertiary/aromatic N) is 1. The van der Waals surface area contributed by atoms with Crippen molar-refractivity contribution in [2.24, 2.45) is 0 Å². The molecule has 0 bridgehead atoms. The summed E-state index contributed by atoms with van der Waals surface area (Å²) in [4.78, 5) is 9.79. The summed E-state index contributed by atoms with van der Waals surface area (Å²) >= 11 is 0. The molecule has 8 nitrogen and oxygen atoms in total. The Balaban J connectivity index is 2.02. The van der Waals surface area contributed by atoms with E-state index in [0.717, 1.165) is 12.1 Å². The molecule has 10 heteroatoms. The van der Waals surface area contributed by atoms with E-state index < -0.39 is 47.2 Å². The third kappa shape index (κ3) is 2.79. The van der Waals surface area contributed by atoms with Gasteiger partial charge in [-0.15, -0.1) is 0 Å².